The number of carbonyl (C=O) groups is 2. The molecule has 0 saturated carbocycles. The molecule has 3 aromatic rings. The zero-order valence-corrected chi connectivity index (χ0v) is 19.5. The summed E-state index contributed by atoms with van der Waals surface area (Å²) in [7, 11) is 0. The number of amides is 3. The highest BCUT2D eigenvalue weighted by atomic mass is 32.2. The molecule has 3 heterocycles. The van der Waals surface area contributed by atoms with Crippen LogP contribution >= 0.6 is 23.1 Å². The molecule has 1 fully saturated rings. The quantitative estimate of drug-likeness (QED) is 0.258. The summed E-state index contributed by atoms with van der Waals surface area (Å²) in [6.45, 7) is 2.46. The van der Waals surface area contributed by atoms with Gasteiger partial charge in [0.15, 0.2) is 5.16 Å². The number of aromatic nitrogens is 2. The number of nitrogens with one attached hydrogen (secondary N) is 1. The van der Waals surface area contributed by atoms with Gasteiger partial charge in [-0.1, -0.05) is 29.5 Å². The molecule has 5 rings (SSSR count). The van der Waals surface area contributed by atoms with Crippen molar-refractivity contribution in [2.75, 3.05) is 18.8 Å². The third-order valence-electron chi connectivity index (χ3n) is 5.94. The van der Waals surface area contributed by atoms with Gasteiger partial charge in [0, 0.05) is 17.2 Å². The number of fused-ring (bicyclic) bond motifs is 3. The first-order valence-electron chi connectivity index (χ1n) is 10.9. The number of hydrogen-bond acceptors (Lipinski definition) is 6. The summed E-state index contributed by atoms with van der Waals surface area (Å²) < 4.78 is 1.72. The van der Waals surface area contributed by atoms with Crippen molar-refractivity contribution in [1.29, 1.82) is 0 Å². The Morgan fingerprint density at radius 3 is 2.66 bits per heavy atom. The van der Waals surface area contributed by atoms with Gasteiger partial charge in [0.05, 0.1) is 17.6 Å². The first kappa shape index (κ1) is 21.2. The van der Waals surface area contributed by atoms with Crippen LogP contribution in [0.3, 0.4) is 0 Å². The van der Waals surface area contributed by atoms with Crippen LogP contribution in [0.25, 0.3) is 15.9 Å². The summed E-state index contributed by atoms with van der Waals surface area (Å²) in [5, 5.41) is 3.97. The number of nitrogens with zero attached hydrogens (tertiary/aromatic N) is 3. The van der Waals surface area contributed by atoms with E-state index in [4.69, 9.17) is 4.98 Å². The van der Waals surface area contributed by atoms with Gasteiger partial charge in [-0.15, -0.1) is 11.3 Å². The summed E-state index contributed by atoms with van der Waals surface area (Å²) in [6.07, 6.45) is 4.87. The van der Waals surface area contributed by atoms with Gasteiger partial charge in [0.2, 0.25) is 5.91 Å². The van der Waals surface area contributed by atoms with E-state index in [1.165, 1.54) is 27.1 Å². The number of benzene rings is 1. The Morgan fingerprint density at radius 1 is 1.12 bits per heavy atom. The summed E-state index contributed by atoms with van der Waals surface area (Å²) in [4.78, 5) is 45.5. The standard InChI is InChI=1S/C23H24N4O3S2/c1-14-7-9-15(10-8-14)27-21(29)19-16-5-2-3-6-17(16)32-20(19)25-23(27)31-12-4-11-26-18(28)13-24-22(26)30/h7-10H,2-6,11-13H2,1H3,(H,24,30). The number of rotatable bonds is 6. The number of carbonyl (C=O) groups excluding carboxylic acids is 2. The van der Waals surface area contributed by atoms with E-state index in [-0.39, 0.29) is 24.0 Å². The van der Waals surface area contributed by atoms with Crippen LogP contribution in [0.1, 0.15) is 35.3 Å². The average molecular weight is 469 g/mol. The molecule has 1 aromatic carbocycles. The maximum absolute atomic E-state index is 13.7. The van der Waals surface area contributed by atoms with Crippen LogP contribution in [-0.2, 0) is 17.6 Å². The van der Waals surface area contributed by atoms with E-state index >= 15 is 0 Å². The fraction of sp³-hybridized carbons (Fsp3) is 0.391. The van der Waals surface area contributed by atoms with Crippen molar-refractivity contribution in [1.82, 2.24) is 19.8 Å². The van der Waals surface area contributed by atoms with Gasteiger partial charge in [-0.3, -0.25) is 19.1 Å². The Morgan fingerprint density at radius 2 is 1.91 bits per heavy atom. The number of aryl methyl sites for hydroxylation is 3. The second-order valence-electron chi connectivity index (χ2n) is 8.17. The molecule has 1 saturated heterocycles. The molecule has 1 aliphatic carbocycles. The second-order valence-corrected chi connectivity index (χ2v) is 10.3. The number of imide groups is 1. The van der Waals surface area contributed by atoms with Crippen molar-refractivity contribution in [2.45, 2.75) is 44.2 Å². The van der Waals surface area contributed by atoms with Crippen LogP contribution in [0.2, 0.25) is 0 Å². The zero-order valence-electron chi connectivity index (χ0n) is 17.8. The Labute approximate surface area is 193 Å². The Bertz CT molecular complexity index is 1250. The third-order valence-corrected chi connectivity index (χ3v) is 8.16. The summed E-state index contributed by atoms with van der Waals surface area (Å²) in [6, 6.07) is 7.59. The number of hydrogen-bond donors (Lipinski definition) is 1. The predicted molar refractivity (Wildman–Crippen MR) is 127 cm³/mol. The van der Waals surface area contributed by atoms with E-state index in [9.17, 15) is 14.4 Å². The molecule has 9 heteroatoms. The van der Waals surface area contributed by atoms with Crippen molar-refractivity contribution in [3.05, 3.63) is 50.6 Å². The first-order valence-corrected chi connectivity index (χ1v) is 12.7. The van der Waals surface area contributed by atoms with E-state index in [0.717, 1.165) is 47.2 Å². The minimum atomic E-state index is -0.333. The van der Waals surface area contributed by atoms with E-state index in [0.29, 0.717) is 23.9 Å². The van der Waals surface area contributed by atoms with Crippen LogP contribution in [0, 0.1) is 6.92 Å². The fourth-order valence-corrected chi connectivity index (χ4v) is 6.51. The molecule has 0 unspecified atom stereocenters. The molecule has 1 aliphatic heterocycles. The Hall–Kier alpha value is -2.65. The molecule has 7 nitrogen and oxygen atoms in total. The average Bonchev–Trinajstić information content (AvgIpc) is 3.32. The SMILES string of the molecule is Cc1ccc(-n2c(SCCCN3C(=O)CNC3=O)nc3sc4c(c3c2=O)CCCC4)cc1. The molecular weight excluding hydrogens is 444 g/mol. The van der Waals surface area contributed by atoms with Crippen molar-refractivity contribution in [3.8, 4) is 5.69 Å². The zero-order chi connectivity index (χ0) is 22.2. The van der Waals surface area contributed by atoms with Gasteiger partial charge in [-0.2, -0.15) is 0 Å². The topological polar surface area (TPSA) is 84.3 Å². The summed E-state index contributed by atoms with van der Waals surface area (Å²) in [5.41, 5.74) is 3.12. The maximum atomic E-state index is 13.7. The molecular formula is C23H24N4O3S2. The summed E-state index contributed by atoms with van der Waals surface area (Å²) >= 11 is 3.15. The molecule has 2 aliphatic rings. The molecule has 0 spiro atoms. The smallest absolute Gasteiger partial charge is 0.324 e. The van der Waals surface area contributed by atoms with E-state index < -0.39 is 0 Å². The molecule has 1 N–H and O–H groups in total. The van der Waals surface area contributed by atoms with Crippen LogP contribution in [0.5, 0.6) is 0 Å². The van der Waals surface area contributed by atoms with Crippen molar-refractivity contribution in [3.63, 3.8) is 0 Å². The number of thioether (sulfide) groups is 1. The van der Waals surface area contributed by atoms with Crippen LogP contribution in [-0.4, -0.2) is 45.2 Å². The normalized spacial score (nSPS) is 16.0. The number of urea groups is 1. The predicted octanol–water partition coefficient (Wildman–Crippen LogP) is 3.67. The van der Waals surface area contributed by atoms with Gasteiger partial charge in [-0.25, -0.2) is 9.78 Å². The lowest BCUT2D eigenvalue weighted by Gasteiger charge is -2.15. The molecule has 2 aromatic heterocycles. The summed E-state index contributed by atoms with van der Waals surface area (Å²) in [5.74, 6) is 0.451. The molecule has 3 amide bonds. The fourth-order valence-electron chi connectivity index (χ4n) is 4.27. The van der Waals surface area contributed by atoms with Crippen molar-refractivity contribution < 1.29 is 9.59 Å². The van der Waals surface area contributed by atoms with E-state index in [1.54, 1.807) is 15.9 Å². The Kier molecular flexibility index (Phi) is 5.77. The second kappa shape index (κ2) is 8.71. The van der Waals surface area contributed by atoms with Crippen LogP contribution in [0.4, 0.5) is 4.79 Å². The largest absolute Gasteiger partial charge is 0.329 e. The van der Waals surface area contributed by atoms with Gasteiger partial charge < -0.3 is 5.32 Å². The van der Waals surface area contributed by atoms with Crippen molar-refractivity contribution >= 4 is 45.3 Å². The van der Waals surface area contributed by atoms with Gasteiger partial charge in [0.1, 0.15) is 4.83 Å². The highest BCUT2D eigenvalue weighted by Crippen LogP contribution is 2.35. The van der Waals surface area contributed by atoms with Crippen LogP contribution in [0.15, 0.2) is 34.2 Å². The van der Waals surface area contributed by atoms with E-state index in [1.807, 2.05) is 31.2 Å². The van der Waals surface area contributed by atoms with Gasteiger partial charge in [-0.05, 0) is 56.7 Å². The maximum Gasteiger partial charge on any atom is 0.324 e. The molecule has 0 atom stereocenters. The van der Waals surface area contributed by atoms with Crippen molar-refractivity contribution in [2.24, 2.45) is 0 Å². The minimum absolute atomic E-state index is 0.00477. The van der Waals surface area contributed by atoms with Gasteiger partial charge >= 0.3 is 6.03 Å². The lowest BCUT2D eigenvalue weighted by atomic mass is 9.97. The molecule has 0 radical (unpaired) electrons. The number of thiophene rings is 1. The molecule has 0 bridgehead atoms. The third kappa shape index (κ3) is 3.84. The minimum Gasteiger partial charge on any atom is -0.329 e. The lowest BCUT2D eigenvalue weighted by Crippen LogP contribution is -2.32. The lowest BCUT2D eigenvalue weighted by molar-refractivity contribution is -0.124. The highest BCUT2D eigenvalue weighted by Gasteiger charge is 2.28. The highest BCUT2D eigenvalue weighted by molar-refractivity contribution is 7.99. The molecule has 166 valence electrons. The Balaban J connectivity index is 1.48. The first-order chi connectivity index (χ1) is 15.5. The van der Waals surface area contributed by atoms with Gasteiger partial charge in [0.25, 0.3) is 5.56 Å². The van der Waals surface area contributed by atoms with Crippen LogP contribution < -0.4 is 10.9 Å². The monoisotopic (exact) mass is 468 g/mol. The molecule has 32 heavy (non-hydrogen) atoms. The van der Waals surface area contributed by atoms with E-state index in [2.05, 4.69) is 5.32 Å².